The molecule has 3 rings (SSSR count). The lowest BCUT2D eigenvalue weighted by Crippen LogP contribution is -2.16. The van der Waals surface area contributed by atoms with Crippen LogP contribution in [0.25, 0.3) is 11.1 Å². The topological polar surface area (TPSA) is 74.7 Å². The summed E-state index contributed by atoms with van der Waals surface area (Å²) in [4.78, 5) is 29.6. The Kier molecular flexibility index (Phi) is 6.70. The summed E-state index contributed by atoms with van der Waals surface area (Å²) in [5, 5.41) is 0. The molecule has 1 aromatic heterocycles. The van der Waals surface area contributed by atoms with E-state index in [1.54, 1.807) is 19.9 Å². The van der Waals surface area contributed by atoms with E-state index in [4.69, 9.17) is 14.2 Å². The lowest BCUT2D eigenvalue weighted by atomic mass is 9.92. The second kappa shape index (κ2) is 9.43. The first kappa shape index (κ1) is 22.0. The zero-order chi connectivity index (χ0) is 22.5. The number of nitrogens with zero attached hydrogens (tertiary/aromatic N) is 1. The molecule has 0 N–H and O–H groups in total. The van der Waals surface area contributed by atoms with Crippen molar-refractivity contribution in [2.45, 2.75) is 27.4 Å². The van der Waals surface area contributed by atoms with Crippen LogP contribution in [0.4, 0.5) is 0 Å². The molecule has 0 spiro atoms. The van der Waals surface area contributed by atoms with Gasteiger partial charge in [0.2, 0.25) is 0 Å². The smallest absolute Gasteiger partial charge is 0.340 e. The lowest BCUT2D eigenvalue weighted by molar-refractivity contribution is 0.0599. The van der Waals surface area contributed by atoms with Gasteiger partial charge in [0.15, 0.2) is 0 Å². The van der Waals surface area contributed by atoms with Crippen LogP contribution in [0, 0.1) is 20.8 Å². The number of hydrogen-bond donors (Lipinski definition) is 0. The van der Waals surface area contributed by atoms with E-state index in [9.17, 15) is 9.59 Å². The summed E-state index contributed by atoms with van der Waals surface area (Å²) in [6.45, 7) is 5.85. The van der Waals surface area contributed by atoms with Gasteiger partial charge in [-0.1, -0.05) is 36.4 Å². The van der Waals surface area contributed by atoms with Crippen LogP contribution in [-0.2, 0) is 16.1 Å². The molecule has 3 aromatic rings. The van der Waals surface area contributed by atoms with E-state index in [0.717, 1.165) is 11.1 Å². The molecule has 31 heavy (non-hydrogen) atoms. The molecule has 0 saturated carbocycles. The van der Waals surface area contributed by atoms with Crippen LogP contribution < -0.4 is 4.74 Å². The van der Waals surface area contributed by atoms with Gasteiger partial charge in [-0.25, -0.2) is 9.59 Å². The van der Waals surface area contributed by atoms with Gasteiger partial charge in [0.05, 0.1) is 36.7 Å². The molecular formula is C25H25NO5. The fourth-order valence-electron chi connectivity index (χ4n) is 3.52. The summed E-state index contributed by atoms with van der Waals surface area (Å²) in [6, 6.07) is 15.3. The normalized spacial score (nSPS) is 10.5. The lowest BCUT2D eigenvalue weighted by Gasteiger charge is -2.17. The van der Waals surface area contributed by atoms with Crippen molar-refractivity contribution in [3.05, 3.63) is 82.2 Å². The minimum atomic E-state index is -0.573. The molecule has 0 saturated heterocycles. The van der Waals surface area contributed by atoms with Gasteiger partial charge < -0.3 is 14.2 Å². The molecule has 0 atom stereocenters. The second-order valence-electron chi connectivity index (χ2n) is 7.13. The maximum Gasteiger partial charge on any atom is 0.340 e. The van der Waals surface area contributed by atoms with Gasteiger partial charge >= 0.3 is 11.9 Å². The molecule has 0 fully saturated rings. The molecule has 0 aliphatic carbocycles. The van der Waals surface area contributed by atoms with Crippen molar-refractivity contribution in [3.63, 3.8) is 0 Å². The number of aryl methyl sites for hydroxylation is 3. The number of rotatable bonds is 6. The number of hydrogen-bond acceptors (Lipinski definition) is 6. The fourth-order valence-corrected chi connectivity index (χ4v) is 3.52. The molecule has 160 valence electrons. The SMILES string of the molecule is COC(=O)c1c(C)nc(C)c(C(=O)OC)c1-c1cccc(OCc2ccccc2C)c1. The molecule has 0 radical (unpaired) electrons. The Bertz CT molecular complexity index is 1100. The van der Waals surface area contributed by atoms with Crippen molar-refractivity contribution in [1.29, 1.82) is 0 Å². The number of carbonyl (C=O) groups is 2. The van der Waals surface area contributed by atoms with Crippen LogP contribution in [0.1, 0.15) is 43.2 Å². The van der Waals surface area contributed by atoms with Crippen molar-refractivity contribution in [2.75, 3.05) is 14.2 Å². The standard InChI is InChI=1S/C25H25NO5/c1-15-9-6-7-10-19(15)14-31-20-12-8-11-18(13-20)23-21(24(27)29-4)16(2)26-17(3)22(23)25(28)30-5/h6-13H,14H2,1-5H3. The number of carbonyl (C=O) groups excluding carboxylic acids is 2. The third-order valence-electron chi connectivity index (χ3n) is 5.12. The highest BCUT2D eigenvalue weighted by molar-refractivity contribution is 6.07. The molecule has 0 bridgehead atoms. The molecule has 6 nitrogen and oxygen atoms in total. The van der Waals surface area contributed by atoms with Gasteiger partial charge in [-0.3, -0.25) is 4.98 Å². The molecule has 0 aliphatic heterocycles. The Hall–Kier alpha value is -3.67. The molecule has 0 amide bonds. The van der Waals surface area contributed by atoms with Gasteiger partial charge in [-0.2, -0.15) is 0 Å². The predicted octanol–water partition coefficient (Wildman–Crippen LogP) is 4.83. The summed E-state index contributed by atoms with van der Waals surface area (Å²) >= 11 is 0. The molecule has 0 aliphatic rings. The number of esters is 2. The third kappa shape index (κ3) is 4.58. The van der Waals surface area contributed by atoms with Gasteiger partial charge in [-0.15, -0.1) is 0 Å². The number of ether oxygens (including phenoxy) is 3. The van der Waals surface area contributed by atoms with Crippen molar-refractivity contribution in [3.8, 4) is 16.9 Å². The average Bonchev–Trinajstić information content (AvgIpc) is 2.77. The molecule has 2 aromatic carbocycles. The highest BCUT2D eigenvalue weighted by Crippen LogP contribution is 2.34. The second-order valence-corrected chi connectivity index (χ2v) is 7.13. The fraction of sp³-hybridized carbons (Fsp3) is 0.240. The summed E-state index contributed by atoms with van der Waals surface area (Å²) in [7, 11) is 2.59. The van der Waals surface area contributed by atoms with E-state index < -0.39 is 11.9 Å². The average molecular weight is 419 g/mol. The maximum absolute atomic E-state index is 12.6. The number of methoxy groups -OCH3 is 2. The number of pyridine rings is 1. The van der Waals surface area contributed by atoms with Gasteiger partial charge in [0.25, 0.3) is 0 Å². The monoisotopic (exact) mass is 419 g/mol. The van der Waals surface area contributed by atoms with Crippen molar-refractivity contribution in [2.24, 2.45) is 0 Å². The zero-order valence-electron chi connectivity index (χ0n) is 18.3. The van der Waals surface area contributed by atoms with Crippen LogP contribution in [0.2, 0.25) is 0 Å². The van der Waals surface area contributed by atoms with Crippen LogP contribution in [-0.4, -0.2) is 31.1 Å². The minimum Gasteiger partial charge on any atom is -0.489 e. The van der Waals surface area contributed by atoms with E-state index in [-0.39, 0.29) is 11.1 Å². The van der Waals surface area contributed by atoms with Crippen LogP contribution in [0.3, 0.4) is 0 Å². The van der Waals surface area contributed by atoms with E-state index in [1.807, 2.05) is 49.4 Å². The summed E-state index contributed by atoms with van der Waals surface area (Å²) in [5.41, 5.74) is 4.67. The summed E-state index contributed by atoms with van der Waals surface area (Å²) < 4.78 is 15.9. The quantitative estimate of drug-likeness (QED) is 0.533. The van der Waals surface area contributed by atoms with Crippen LogP contribution in [0.5, 0.6) is 5.75 Å². The van der Waals surface area contributed by atoms with Gasteiger partial charge in [0.1, 0.15) is 12.4 Å². The molecule has 1 heterocycles. The Balaban J connectivity index is 2.11. The van der Waals surface area contributed by atoms with Crippen molar-refractivity contribution < 1.29 is 23.8 Å². The Morgan fingerprint density at radius 1 is 0.839 bits per heavy atom. The van der Waals surface area contributed by atoms with E-state index in [1.165, 1.54) is 14.2 Å². The summed E-state index contributed by atoms with van der Waals surface area (Å²) in [5.74, 6) is -0.535. The van der Waals surface area contributed by atoms with E-state index in [2.05, 4.69) is 4.98 Å². The first-order chi connectivity index (χ1) is 14.9. The van der Waals surface area contributed by atoms with E-state index in [0.29, 0.717) is 34.9 Å². The zero-order valence-corrected chi connectivity index (χ0v) is 18.3. The third-order valence-corrected chi connectivity index (χ3v) is 5.12. The highest BCUT2D eigenvalue weighted by atomic mass is 16.5. The Morgan fingerprint density at radius 2 is 1.45 bits per heavy atom. The first-order valence-electron chi connectivity index (χ1n) is 9.83. The molecular weight excluding hydrogens is 394 g/mol. The Labute approximate surface area is 181 Å². The van der Waals surface area contributed by atoms with Gasteiger partial charge in [0, 0.05) is 5.56 Å². The minimum absolute atomic E-state index is 0.226. The van der Waals surface area contributed by atoms with Crippen molar-refractivity contribution >= 4 is 11.9 Å². The maximum atomic E-state index is 12.6. The molecule has 6 heteroatoms. The molecule has 0 unspecified atom stereocenters. The number of aromatic nitrogens is 1. The van der Waals surface area contributed by atoms with Crippen LogP contribution >= 0.6 is 0 Å². The highest BCUT2D eigenvalue weighted by Gasteiger charge is 2.27. The Morgan fingerprint density at radius 3 is 2.03 bits per heavy atom. The van der Waals surface area contributed by atoms with Crippen LogP contribution in [0.15, 0.2) is 48.5 Å². The first-order valence-corrected chi connectivity index (χ1v) is 9.83. The summed E-state index contributed by atoms with van der Waals surface area (Å²) in [6.07, 6.45) is 0. The predicted molar refractivity (Wildman–Crippen MR) is 117 cm³/mol. The number of benzene rings is 2. The van der Waals surface area contributed by atoms with Crippen molar-refractivity contribution in [1.82, 2.24) is 4.98 Å². The largest absolute Gasteiger partial charge is 0.489 e. The van der Waals surface area contributed by atoms with Gasteiger partial charge in [-0.05, 0) is 49.6 Å². The van der Waals surface area contributed by atoms with E-state index >= 15 is 0 Å².